The molecule has 2 unspecified atom stereocenters. The van der Waals surface area contributed by atoms with Crippen molar-refractivity contribution in [2.45, 2.75) is 38.6 Å². The third kappa shape index (κ3) is 4.92. The molecule has 2 heteroatoms. The van der Waals surface area contributed by atoms with Gasteiger partial charge in [0.2, 0.25) is 0 Å². The molecule has 2 nitrogen and oxygen atoms in total. The Labute approximate surface area is 125 Å². The molecule has 1 heterocycles. The zero-order chi connectivity index (χ0) is 14.8. The summed E-state index contributed by atoms with van der Waals surface area (Å²) in [5, 5.41) is 3.73. The lowest BCUT2D eigenvalue weighted by Crippen LogP contribution is -2.55. The molecule has 0 spiro atoms. The van der Waals surface area contributed by atoms with Crippen LogP contribution in [0.5, 0.6) is 0 Å². The van der Waals surface area contributed by atoms with Crippen LogP contribution in [-0.4, -0.2) is 43.2 Å². The van der Waals surface area contributed by atoms with Gasteiger partial charge in [-0.15, -0.1) is 0 Å². The number of nitrogens with zero attached hydrogens (tertiary/aromatic N) is 1. The maximum atomic E-state index is 3.95. The largest absolute Gasteiger partial charge is 0.313 e. The fourth-order valence-corrected chi connectivity index (χ4v) is 3.53. The van der Waals surface area contributed by atoms with Crippen molar-refractivity contribution < 1.29 is 4.48 Å². The first kappa shape index (κ1) is 17.2. The normalized spacial score (nSPS) is 22.6. The average molecular weight is 277 g/mol. The minimum absolute atomic E-state index is 0.640. The summed E-state index contributed by atoms with van der Waals surface area (Å²) in [7, 11) is 0. The molecule has 1 saturated heterocycles. The predicted molar refractivity (Wildman–Crippen MR) is 89.7 cm³/mol. The van der Waals surface area contributed by atoms with E-state index in [0.717, 1.165) is 30.0 Å². The molecule has 0 aromatic rings. The highest BCUT2D eigenvalue weighted by molar-refractivity contribution is 4.86. The highest BCUT2D eigenvalue weighted by atomic mass is 15.4. The highest BCUT2D eigenvalue weighted by Gasteiger charge is 2.34. The molecule has 1 aliphatic rings. The second kappa shape index (κ2) is 9.15. The monoisotopic (exact) mass is 277 g/mol. The van der Waals surface area contributed by atoms with E-state index < -0.39 is 0 Å². The molecule has 1 aliphatic heterocycles. The van der Waals surface area contributed by atoms with Crippen molar-refractivity contribution in [3.63, 3.8) is 0 Å². The Bertz CT molecular complexity index is 282. The predicted octanol–water partition coefficient (Wildman–Crippen LogP) is 3.53. The van der Waals surface area contributed by atoms with E-state index in [9.17, 15) is 0 Å². The van der Waals surface area contributed by atoms with Crippen molar-refractivity contribution in [2.75, 3.05) is 32.7 Å². The Kier molecular flexibility index (Phi) is 7.86. The van der Waals surface area contributed by atoms with Gasteiger partial charge in [-0.3, -0.25) is 0 Å². The Hall–Kier alpha value is -0.860. The summed E-state index contributed by atoms with van der Waals surface area (Å²) >= 11 is 0. The lowest BCUT2D eigenvalue weighted by Gasteiger charge is -2.39. The van der Waals surface area contributed by atoms with Gasteiger partial charge >= 0.3 is 0 Å². The van der Waals surface area contributed by atoms with Gasteiger partial charge in [-0.25, -0.2) is 0 Å². The van der Waals surface area contributed by atoms with Crippen LogP contribution in [0.25, 0.3) is 0 Å². The third-order valence-electron chi connectivity index (χ3n) is 4.55. The van der Waals surface area contributed by atoms with Gasteiger partial charge in [-0.1, -0.05) is 39.5 Å². The first-order valence-electron chi connectivity index (χ1n) is 8.12. The number of unbranched alkanes of at least 4 members (excludes halogenated alkanes) is 1. The summed E-state index contributed by atoms with van der Waals surface area (Å²) < 4.78 is 1.01. The summed E-state index contributed by atoms with van der Waals surface area (Å²) in [6.07, 6.45) is 11.5. The molecule has 0 aromatic carbocycles. The Balaban J connectivity index is 2.72. The van der Waals surface area contributed by atoms with Gasteiger partial charge in [0.25, 0.3) is 0 Å². The standard InChI is InChI=1S/C18H33N2/c1-5-9-10-17-11-12-19-18(17)16-20(13-6-2,14-7-3)15-8-4/h6-8,17-19H,2-5,9-16H2,1H3/q+1. The molecule has 0 bridgehead atoms. The van der Waals surface area contributed by atoms with E-state index in [2.05, 4.69) is 32.0 Å². The molecule has 1 rings (SSSR count). The zero-order valence-electron chi connectivity index (χ0n) is 13.3. The Morgan fingerprint density at radius 1 is 1.10 bits per heavy atom. The van der Waals surface area contributed by atoms with Crippen molar-refractivity contribution in [1.82, 2.24) is 5.32 Å². The molecule has 114 valence electrons. The van der Waals surface area contributed by atoms with E-state index in [1.807, 2.05) is 18.2 Å². The van der Waals surface area contributed by atoms with Gasteiger partial charge in [0.15, 0.2) is 0 Å². The molecule has 0 amide bonds. The summed E-state index contributed by atoms with van der Waals surface area (Å²) in [4.78, 5) is 0. The van der Waals surface area contributed by atoms with Crippen LogP contribution in [0.3, 0.4) is 0 Å². The van der Waals surface area contributed by atoms with Crippen LogP contribution in [-0.2, 0) is 0 Å². The smallest absolute Gasteiger partial charge is 0.0976 e. The fraction of sp³-hybridized carbons (Fsp3) is 0.667. The van der Waals surface area contributed by atoms with E-state index in [1.54, 1.807) is 0 Å². The second-order valence-electron chi connectivity index (χ2n) is 6.19. The van der Waals surface area contributed by atoms with Crippen LogP contribution in [0.2, 0.25) is 0 Å². The third-order valence-corrected chi connectivity index (χ3v) is 4.55. The Morgan fingerprint density at radius 2 is 1.70 bits per heavy atom. The van der Waals surface area contributed by atoms with E-state index >= 15 is 0 Å². The van der Waals surface area contributed by atoms with Gasteiger partial charge in [0.05, 0.1) is 32.2 Å². The van der Waals surface area contributed by atoms with Crippen LogP contribution >= 0.6 is 0 Å². The van der Waals surface area contributed by atoms with Crippen LogP contribution < -0.4 is 5.32 Å². The van der Waals surface area contributed by atoms with Crippen molar-refractivity contribution in [1.29, 1.82) is 0 Å². The maximum absolute atomic E-state index is 3.95. The van der Waals surface area contributed by atoms with Crippen molar-refractivity contribution in [3.8, 4) is 0 Å². The van der Waals surface area contributed by atoms with Gasteiger partial charge < -0.3 is 9.80 Å². The number of quaternary nitrogens is 1. The molecule has 1 N–H and O–H groups in total. The summed E-state index contributed by atoms with van der Waals surface area (Å²) in [5.74, 6) is 0.840. The SMILES string of the molecule is C=CC[N+](CC=C)(CC=C)CC1NCCC1CCCC. The molecule has 20 heavy (non-hydrogen) atoms. The average Bonchev–Trinajstić information content (AvgIpc) is 2.84. The zero-order valence-corrected chi connectivity index (χ0v) is 13.3. The lowest BCUT2D eigenvalue weighted by atomic mass is 9.93. The summed E-state index contributed by atoms with van der Waals surface area (Å²) in [6, 6.07) is 0.640. The van der Waals surface area contributed by atoms with Gasteiger partial charge in [0.1, 0.15) is 0 Å². The summed E-state index contributed by atoms with van der Waals surface area (Å²) in [5.41, 5.74) is 0. The van der Waals surface area contributed by atoms with Gasteiger partial charge in [-0.05, 0) is 43.5 Å². The van der Waals surface area contributed by atoms with Crippen LogP contribution in [0, 0.1) is 5.92 Å². The molecule has 2 atom stereocenters. The van der Waals surface area contributed by atoms with Crippen molar-refractivity contribution >= 4 is 0 Å². The molecule has 1 fully saturated rings. The van der Waals surface area contributed by atoms with Gasteiger partial charge in [0, 0.05) is 0 Å². The fourth-order valence-electron chi connectivity index (χ4n) is 3.53. The van der Waals surface area contributed by atoms with Crippen LogP contribution in [0.1, 0.15) is 32.6 Å². The van der Waals surface area contributed by atoms with E-state index in [1.165, 1.54) is 38.8 Å². The minimum Gasteiger partial charge on any atom is -0.313 e. The molecule has 0 saturated carbocycles. The van der Waals surface area contributed by atoms with E-state index in [-0.39, 0.29) is 0 Å². The molecule has 0 aliphatic carbocycles. The van der Waals surface area contributed by atoms with Crippen LogP contribution in [0.4, 0.5) is 0 Å². The summed E-state index contributed by atoms with van der Waals surface area (Å²) in [6.45, 7) is 19.5. The first-order valence-corrected chi connectivity index (χ1v) is 8.12. The van der Waals surface area contributed by atoms with Crippen molar-refractivity contribution in [3.05, 3.63) is 38.0 Å². The maximum Gasteiger partial charge on any atom is 0.0976 e. The van der Waals surface area contributed by atoms with Gasteiger partial charge in [-0.2, -0.15) is 0 Å². The van der Waals surface area contributed by atoms with Crippen molar-refractivity contribution in [2.24, 2.45) is 5.92 Å². The number of hydrogen-bond acceptors (Lipinski definition) is 1. The molecule has 0 radical (unpaired) electrons. The number of rotatable bonds is 11. The topological polar surface area (TPSA) is 12.0 Å². The first-order chi connectivity index (χ1) is 9.71. The number of nitrogens with one attached hydrogen (secondary N) is 1. The quantitative estimate of drug-likeness (QED) is 0.450. The lowest BCUT2D eigenvalue weighted by molar-refractivity contribution is -0.913. The minimum atomic E-state index is 0.640. The molecular weight excluding hydrogens is 244 g/mol. The highest BCUT2D eigenvalue weighted by Crippen LogP contribution is 2.25. The Morgan fingerprint density at radius 3 is 2.20 bits per heavy atom. The molecule has 0 aromatic heterocycles. The molecular formula is C18H33N2+. The van der Waals surface area contributed by atoms with Crippen LogP contribution in [0.15, 0.2) is 38.0 Å². The number of hydrogen-bond donors (Lipinski definition) is 1. The second-order valence-corrected chi connectivity index (χ2v) is 6.19. The van der Waals surface area contributed by atoms with E-state index in [4.69, 9.17) is 0 Å². The van der Waals surface area contributed by atoms with E-state index in [0.29, 0.717) is 6.04 Å².